The van der Waals surface area contributed by atoms with Crippen molar-refractivity contribution in [1.82, 2.24) is 14.9 Å². The van der Waals surface area contributed by atoms with Crippen LogP contribution in [0.1, 0.15) is 44.9 Å². The third-order valence-electron chi connectivity index (χ3n) is 5.11. The van der Waals surface area contributed by atoms with Crippen molar-refractivity contribution in [2.45, 2.75) is 50.5 Å². The molecule has 2 rings (SSSR count). The van der Waals surface area contributed by atoms with E-state index in [1.165, 1.54) is 18.4 Å². The molecule has 0 bridgehead atoms. The molecule has 0 aromatic carbocycles. The zero-order chi connectivity index (χ0) is 19.9. The predicted molar refractivity (Wildman–Crippen MR) is 99.8 cm³/mol. The van der Waals surface area contributed by atoms with E-state index < -0.39 is 15.5 Å². The number of halogens is 3. The second-order valence-corrected chi connectivity index (χ2v) is 8.96. The zero-order valence-corrected chi connectivity index (χ0v) is 16.5. The quantitative estimate of drug-likeness (QED) is 0.401. The molecule has 0 spiro atoms. The van der Waals surface area contributed by atoms with Gasteiger partial charge in [-0.3, -0.25) is 4.99 Å². The van der Waals surface area contributed by atoms with Gasteiger partial charge in [-0.2, -0.15) is 17.5 Å². The molecule has 1 fully saturated rings. The van der Waals surface area contributed by atoms with E-state index in [2.05, 4.69) is 21.7 Å². The minimum Gasteiger partial charge on any atom is -0.356 e. The normalized spacial score (nSPS) is 21.0. The van der Waals surface area contributed by atoms with Crippen LogP contribution in [-0.2, 0) is 10.0 Å². The minimum atomic E-state index is -5.22. The Morgan fingerprint density at radius 1 is 1.26 bits per heavy atom. The number of piperidine rings is 1. The molecule has 0 atom stereocenters. The molecule has 1 aliphatic heterocycles. The predicted octanol–water partition coefficient (Wildman–Crippen LogP) is 2.60. The molecular formula is C17H29F3N4O2S. The van der Waals surface area contributed by atoms with Crippen LogP contribution in [0, 0.1) is 5.92 Å². The van der Waals surface area contributed by atoms with E-state index in [0.717, 1.165) is 25.8 Å². The highest BCUT2D eigenvalue weighted by atomic mass is 32.2. The Morgan fingerprint density at radius 2 is 1.96 bits per heavy atom. The number of sulfonamides is 1. The number of alkyl halides is 3. The van der Waals surface area contributed by atoms with Crippen LogP contribution in [-0.4, -0.2) is 57.4 Å². The molecule has 1 aliphatic carbocycles. The molecule has 6 nitrogen and oxygen atoms in total. The first-order valence-corrected chi connectivity index (χ1v) is 10.9. The Hall–Kier alpha value is -1.29. The summed E-state index contributed by atoms with van der Waals surface area (Å²) in [5.41, 5.74) is -3.75. The Bertz CT molecular complexity index is 639. The van der Waals surface area contributed by atoms with Gasteiger partial charge in [-0.25, -0.2) is 8.42 Å². The number of hydrogen-bond acceptors (Lipinski definition) is 3. The van der Waals surface area contributed by atoms with E-state index in [4.69, 9.17) is 0 Å². The highest BCUT2D eigenvalue weighted by Crippen LogP contribution is 2.30. The summed E-state index contributed by atoms with van der Waals surface area (Å²) in [6.45, 7) is 1.14. The first kappa shape index (κ1) is 22.0. The Labute approximate surface area is 159 Å². The van der Waals surface area contributed by atoms with Gasteiger partial charge < -0.3 is 10.6 Å². The summed E-state index contributed by atoms with van der Waals surface area (Å²) >= 11 is 0. The summed E-state index contributed by atoms with van der Waals surface area (Å²) in [7, 11) is -3.54. The highest BCUT2D eigenvalue weighted by molar-refractivity contribution is 7.90. The molecule has 0 amide bonds. The zero-order valence-electron chi connectivity index (χ0n) is 15.7. The Morgan fingerprint density at radius 3 is 2.52 bits per heavy atom. The molecule has 156 valence electrons. The van der Waals surface area contributed by atoms with Crippen LogP contribution in [0.25, 0.3) is 0 Å². The molecule has 2 N–H and O–H groups in total. The van der Waals surface area contributed by atoms with E-state index in [1.54, 1.807) is 7.05 Å². The summed E-state index contributed by atoms with van der Waals surface area (Å²) in [4.78, 5) is 4.16. The van der Waals surface area contributed by atoms with Crippen molar-refractivity contribution >= 4 is 16.0 Å². The molecule has 10 heteroatoms. The van der Waals surface area contributed by atoms with Crippen LogP contribution in [0.5, 0.6) is 0 Å². The van der Waals surface area contributed by atoms with Gasteiger partial charge in [-0.1, -0.05) is 11.6 Å². The number of allylic oxidation sites excluding steroid dienone is 1. The lowest BCUT2D eigenvalue weighted by atomic mass is 9.97. The molecule has 0 saturated carbocycles. The summed E-state index contributed by atoms with van der Waals surface area (Å²) in [6.07, 6.45) is 8.92. The van der Waals surface area contributed by atoms with Gasteiger partial charge in [0.1, 0.15) is 0 Å². The van der Waals surface area contributed by atoms with Crippen molar-refractivity contribution in [3.63, 3.8) is 0 Å². The van der Waals surface area contributed by atoms with Crippen LogP contribution in [0.3, 0.4) is 0 Å². The molecule has 0 unspecified atom stereocenters. The van der Waals surface area contributed by atoms with Crippen LogP contribution >= 0.6 is 0 Å². The maximum Gasteiger partial charge on any atom is 0.511 e. The lowest BCUT2D eigenvalue weighted by molar-refractivity contribution is -0.0496. The number of nitrogens with zero attached hydrogens (tertiary/aromatic N) is 2. The fourth-order valence-electron chi connectivity index (χ4n) is 3.43. The van der Waals surface area contributed by atoms with Gasteiger partial charge in [0.25, 0.3) is 0 Å². The molecule has 0 radical (unpaired) electrons. The number of guanidine groups is 1. The molecule has 27 heavy (non-hydrogen) atoms. The van der Waals surface area contributed by atoms with Crippen LogP contribution in [0.15, 0.2) is 16.6 Å². The van der Waals surface area contributed by atoms with Crippen LogP contribution in [0.4, 0.5) is 13.2 Å². The molecule has 2 aliphatic rings. The average Bonchev–Trinajstić information content (AvgIpc) is 2.65. The number of hydrogen-bond donors (Lipinski definition) is 2. The van der Waals surface area contributed by atoms with Gasteiger partial charge in [0, 0.05) is 33.2 Å². The third kappa shape index (κ3) is 6.38. The Kier molecular flexibility index (Phi) is 7.96. The second-order valence-electron chi connectivity index (χ2n) is 7.03. The van der Waals surface area contributed by atoms with E-state index in [9.17, 15) is 21.6 Å². The number of rotatable bonds is 6. The van der Waals surface area contributed by atoms with E-state index in [1.807, 2.05) is 0 Å². The molecule has 1 saturated heterocycles. The smallest absolute Gasteiger partial charge is 0.356 e. The molecule has 1 heterocycles. The van der Waals surface area contributed by atoms with E-state index in [0.29, 0.717) is 29.7 Å². The fourth-order valence-corrected chi connectivity index (χ4v) is 4.42. The number of nitrogens with one attached hydrogen (secondary N) is 2. The largest absolute Gasteiger partial charge is 0.511 e. The highest BCUT2D eigenvalue weighted by Gasteiger charge is 2.50. The van der Waals surface area contributed by atoms with E-state index >= 15 is 0 Å². The average molecular weight is 411 g/mol. The number of aliphatic imine (C=N–C) groups is 1. The van der Waals surface area contributed by atoms with Gasteiger partial charge in [-0.15, -0.1) is 0 Å². The first-order chi connectivity index (χ1) is 12.7. The maximum absolute atomic E-state index is 12.6. The minimum absolute atomic E-state index is 0.103. The fraction of sp³-hybridized carbons (Fsp3) is 0.824. The topological polar surface area (TPSA) is 73.8 Å². The molecule has 0 aromatic heterocycles. The summed E-state index contributed by atoms with van der Waals surface area (Å²) in [5.74, 6) is 0.779. The van der Waals surface area contributed by atoms with Gasteiger partial charge in [0.2, 0.25) is 0 Å². The van der Waals surface area contributed by atoms with Gasteiger partial charge in [-0.05, 0) is 50.9 Å². The molecule has 0 aromatic rings. The van der Waals surface area contributed by atoms with Gasteiger partial charge in [0.05, 0.1) is 0 Å². The van der Waals surface area contributed by atoms with Crippen molar-refractivity contribution < 1.29 is 21.6 Å². The second kappa shape index (κ2) is 9.77. The summed E-state index contributed by atoms with van der Waals surface area (Å²) in [5, 5.41) is 6.44. The lowest BCUT2D eigenvalue weighted by Gasteiger charge is -2.31. The van der Waals surface area contributed by atoms with E-state index in [-0.39, 0.29) is 19.0 Å². The first-order valence-electron chi connectivity index (χ1n) is 9.43. The van der Waals surface area contributed by atoms with Gasteiger partial charge >= 0.3 is 15.5 Å². The van der Waals surface area contributed by atoms with Crippen LogP contribution < -0.4 is 10.6 Å². The van der Waals surface area contributed by atoms with Crippen molar-refractivity contribution in [2.24, 2.45) is 10.9 Å². The summed E-state index contributed by atoms with van der Waals surface area (Å²) in [6, 6.07) is 0. The summed E-state index contributed by atoms with van der Waals surface area (Å²) < 4.78 is 61.2. The third-order valence-corrected chi connectivity index (χ3v) is 6.74. The van der Waals surface area contributed by atoms with Crippen molar-refractivity contribution in [1.29, 1.82) is 0 Å². The van der Waals surface area contributed by atoms with Crippen molar-refractivity contribution in [2.75, 3.05) is 33.2 Å². The van der Waals surface area contributed by atoms with Crippen molar-refractivity contribution in [3.8, 4) is 0 Å². The van der Waals surface area contributed by atoms with Gasteiger partial charge in [0.15, 0.2) is 5.96 Å². The van der Waals surface area contributed by atoms with Crippen LogP contribution in [0.2, 0.25) is 0 Å². The SMILES string of the molecule is CN=C(NCCC1=CCCCC1)NCC1CCN(S(=O)(=O)C(F)(F)F)CC1. The maximum atomic E-state index is 12.6. The monoisotopic (exact) mass is 410 g/mol. The molecular weight excluding hydrogens is 381 g/mol. The Balaban J connectivity index is 1.69. The lowest BCUT2D eigenvalue weighted by Crippen LogP contribution is -2.47. The standard InChI is InChI=1S/C17H29F3N4O2S/c1-21-16(22-10-7-14-5-3-2-4-6-14)23-13-15-8-11-24(12-9-15)27(25,26)17(18,19)20/h5,15H,2-4,6-13H2,1H3,(H2,21,22,23). The van der Waals surface area contributed by atoms with Crippen molar-refractivity contribution in [3.05, 3.63) is 11.6 Å².